The minimum atomic E-state index is -0.951. The largest absolute Gasteiger partial charge is 0.497 e. The second-order valence-corrected chi connectivity index (χ2v) is 24.4. The highest BCUT2D eigenvalue weighted by Gasteiger charge is 2.44. The zero-order valence-electron chi connectivity index (χ0n) is 55.6. The lowest BCUT2D eigenvalue weighted by Crippen LogP contribution is -2.53. The third-order valence-corrected chi connectivity index (χ3v) is 16.9. The number of nitrogens with zero attached hydrogens (tertiary/aromatic N) is 5. The van der Waals surface area contributed by atoms with E-state index >= 15 is 0 Å². The number of anilines is 1. The molecular weight excluding hydrogens is 1240 g/mol. The number of ether oxygens (including phenoxy) is 9. The summed E-state index contributed by atoms with van der Waals surface area (Å²) in [7, 11) is 4.65. The number of imide groups is 1. The molecule has 5 heterocycles. The minimum Gasteiger partial charge on any atom is -0.497 e. The fourth-order valence-corrected chi connectivity index (χ4v) is 11.4. The summed E-state index contributed by atoms with van der Waals surface area (Å²) in [6.45, 7) is 12.1. The Balaban J connectivity index is 0.663. The van der Waals surface area contributed by atoms with Crippen LogP contribution in [0.2, 0.25) is 0 Å². The van der Waals surface area contributed by atoms with Crippen LogP contribution >= 0.6 is 0 Å². The van der Waals surface area contributed by atoms with Crippen molar-refractivity contribution in [2.24, 2.45) is 15.9 Å². The molecule has 512 valence electrons. The maximum atomic E-state index is 14.4. The number of carbonyl (C=O) groups is 8. The van der Waals surface area contributed by atoms with Gasteiger partial charge in [-0.15, -0.1) is 0 Å². The van der Waals surface area contributed by atoms with Crippen LogP contribution in [0.15, 0.2) is 95.2 Å². The molecule has 1 unspecified atom stereocenters. The Morgan fingerprint density at radius 1 is 0.552 bits per heavy atom. The molecule has 1 saturated heterocycles. The van der Waals surface area contributed by atoms with Crippen LogP contribution in [-0.4, -0.2) is 198 Å². The van der Waals surface area contributed by atoms with E-state index in [0.717, 1.165) is 32.9 Å². The summed E-state index contributed by atoms with van der Waals surface area (Å²) in [5, 5.41) is 11.0. The van der Waals surface area contributed by atoms with Crippen LogP contribution in [0.5, 0.6) is 28.7 Å². The van der Waals surface area contributed by atoms with Crippen LogP contribution in [-0.2, 0) is 47.7 Å². The maximum Gasteiger partial charge on any atom is 0.260 e. The number of likely N-dealkylation sites (tertiary alicyclic amines) is 1. The van der Waals surface area contributed by atoms with Gasteiger partial charge >= 0.3 is 0 Å². The van der Waals surface area contributed by atoms with Crippen LogP contribution in [0.25, 0.3) is 11.1 Å². The van der Waals surface area contributed by atoms with Crippen molar-refractivity contribution < 1.29 is 81.0 Å². The fourth-order valence-electron chi connectivity index (χ4n) is 11.4. The van der Waals surface area contributed by atoms with Gasteiger partial charge in [0, 0.05) is 101 Å². The zero-order chi connectivity index (χ0) is 68.5. The van der Waals surface area contributed by atoms with Gasteiger partial charge in [-0.05, 0) is 85.4 Å². The lowest BCUT2D eigenvalue weighted by atomic mass is 9.93. The Morgan fingerprint density at radius 2 is 1.04 bits per heavy atom. The molecular formula is C70H85N9O17. The van der Waals surface area contributed by atoms with Crippen LogP contribution in [0.4, 0.5) is 17.1 Å². The average molecular weight is 1320 g/mol. The van der Waals surface area contributed by atoms with Crippen LogP contribution in [0.1, 0.15) is 111 Å². The average Bonchev–Trinajstić information content (AvgIpc) is 1.59. The lowest BCUT2D eigenvalue weighted by Gasteiger charge is -2.29. The summed E-state index contributed by atoms with van der Waals surface area (Å²) in [6, 6.07) is 19.8. The molecule has 8 amide bonds. The summed E-state index contributed by atoms with van der Waals surface area (Å²) in [5.41, 5.74) is 4.32. The molecule has 0 aliphatic carbocycles. The summed E-state index contributed by atoms with van der Waals surface area (Å²) in [5.74, 6) is -0.585. The van der Waals surface area contributed by atoms with Gasteiger partial charge in [-0.25, -0.2) is 0 Å². The fraction of sp³-hybridized carbons (Fsp3) is 0.457. The van der Waals surface area contributed by atoms with Gasteiger partial charge in [0.15, 0.2) is 23.0 Å². The van der Waals surface area contributed by atoms with E-state index < -0.39 is 40.9 Å². The first kappa shape index (κ1) is 70.8. The molecule has 0 saturated carbocycles. The maximum absolute atomic E-state index is 14.4. The highest BCUT2D eigenvalue weighted by Crippen LogP contribution is 2.46. The number of rotatable bonds is 35. The van der Waals surface area contributed by atoms with Crippen molar-refractivity contribution in [3.63, 3.8) is 0 Å². The second-order valence-electron chi connectivity index (χ2n) is 24.4. The third kappa shape index (κ3) is 17.7. The van der Waals surface area contributed by atoms with Crippen molar-refractivity contribution in [2.75, 3.05) is 106 Å². The van der Waals surface area contributed by atoms with Crippen molar-refractivity contribution >= 4 is 87.9 Å². The highest BCUT2D eigenvalue weighted by molar-refractivity contribution is 6.08. The zero-order valence-corrected chi connectivity index (χ0v) is 55.6. The molecule has 0 spiro atoms. The molecule has 9 rings (SSSR count). The number of hydrogen-bond donors (Lipinski definition) is 4. The Labute approximate surface area is 558 Å². The summed E-state index contributed by atoms with van der Waals surface area (Å²) < 4.78 is 51.2. The Hall–Kier alpha value is -9.50. The predicted molar refractivity (Wildman–Crippen MR) is 356 cm³/mol. The van der Waals surface area contributed by atoms with Crippen molar-refractivity contribution in [1.82, 2.24) is 30.7 Å². The van der Waals surface area contributed by atoms with E-state index in [1.807, 2.05) is 68.9 Å². The Bertz CT molecular complexity index is 3630. The lowest BCUT2D eigenvalue weighted by molar-refractivity contribution is -0.138. The van der Waals surface area contributed by atoms with Gasteiger partial charge in [0.05, 0.1) is 121 Å². The van der Waals surface area contributed by atoms with E-state index in [-0.39, 0.29) is 114 Å². The van der Waals surface area contributed by atoms with Crippen LogP contribution in [0, 0.1) is 5.92 Å². The van der Waals surface area contributed by atoms with E-state index in [4.69, 9.17) is 52.6 Å². The van der Waals surface area contributed by atoms with Gasteiger partial charge in [-0.3, -0.25) is 53.2 Å². The van der Waals surface area contributed by atoms with Gasteiger partial charge in [0.2, 0.25) is 35.4 Å². The van der Waals surface area contributed by atoms with Gasteiger partial charge in [-0.1, -0.05) is 38.1 Å². The number of amides is 8. The standard InChI is InChI=1S/C70H85N9O17/c1-44(2)64(76-61(81)21-26-91-28-30-93-32-33-94-31-29-92-27-22-71-60(80)20-23-77-62(82)18-19-63(77)83)66(85)74-45(3)65(84)75-50-14-10-46(11-15-50)48-38-69(4)42-72-54-36-58(56(89-7)34-52(54)67(86)78(69)40-48)95-24-9-25-96-59-37-55-53(35-57(59)90-8)68(87)79-41-49(39-70(79,5)43-73-55)47-12-16-51(88-6)17-13-47/h10-17,34-37,40-45,64H,9,18-33,38-39H2,1-8H3,(H,71,80)(H,74,85)(H,75,84)(H,76,81)/t45-,64?,69+,70+/m0/s1. The van der Waals surface area contributed by atoms with Gasteiger partial charge < -0.3 is 73.7 Å². The number of fused-ring (bicyclic) bond motifs is 4. The first-order valence-corrected chi connectivity index (χ1v) is 32.2. The molecule has 5 aliphatic heterocycles. The number of hydrogen-bond acceptors (Lipinski definition) is 19. The third-order valence-electron chi connectivity index (χ3n) is 16.9. The number of methoxy groups -OCH3 is 3. The Kier molecular flexibility index (Phi) is 24.2. The summed E-state index contributed by atoms with van der Waals surface area (Å²) >= 11 is 0. The summed E-state index contributed by atoms with van der Waals surface area (Å²) in [6.07, 6.45) is 9.20. The van der Waals surface area contributed by atoms with Crippen LogP contribution < -0.4 is 45.0 Å². The van der Waals surface area contributed by atoms with Crippen molar-refractivity contribution in [2.45, 2.75) is 103 Å². The topological polar surface area (TPSA) is 302 Å². The molecule has 0 bridgehead atoms. The molecule has 26 heteroatoms. The van der Waals surface area contributed by atoms with Gasteiger partial charge in [0.25, 0.3) is 11.8 Å². The minimum absolute atomic E-state index is 0.00126. The molecule has 0 aromatic heterocycles. The number of nitrogens with one attached hydrogen (secondary N) is 4. The van der Waals surface area contributed by atoms with Crippen molar-refractivity contribution in [3.05, 3.63) is 107 Å². The van der Waals surface area contributed by atoms with Gasteiger partial charge in [0.1, 0.15) is 17.8 Å². The normalized spacial score (nSPS) is 18.3. The molecule has 1 fully saturated rings. The number of benzene rings is 4. The molecule has 0 radical (unpaired) electrons. The smallest absolute Gasteiger partial charge is 0.260 e. The molecule has 4 aromatic rings. The number of aliphatic imine (C=N–C) groups is 2. The molecule has 4 atom stereocenters. The molecule has 96 heavy (non-hydrogen) atoms. The predicted octanol–water partition coefficient (Wildman–Crippen LogP) is 6.98. The monoisotopic (exact) mass is 1320 g/mol. The molecule has 26 nitrogen and oxygen atoms in total. The van der Waals surface area contributed by atoms with E-state index in [2.05, 4.69) is 21.3 Å². The van der Waals surface area contributed by atoms with Crippen molar-refractivity contribution in [1.29, 1.82) is 0 Å². The first-order chi connectivity index (χ1) is 46.2. The SMILES string of the molecule is COc1ccc(C2=CN3C(=O)c4cc(OC)c(OCCCOc5cc6c(cc5OC)C(=O)N5C=C(c7ccc(NC(=O)[C@H](C)NC(=O)C(NC(=O)CCOCCOCCOCCOCCNC(=O)CCN8C(=O)CCC8=O)C(C)C)cc7)C[C@]5(C)C=N6)cc4N=C[C@@]3(C)C2)cc1. The van der Waals surface area contributed by atoms with E-state index in [0.29, 0.717) is 96.9 Å². The highest BCUT2D eigenvalue weighted by atomic mass is 16.6. The summed E-state index contributed by atoms with van der Waals surface area (Å²) in [4.78, 5) is 118. The quantitative estimate of drug-likeness (QED) is 0.0267. The van der Waals surface area contributed by atoms with E-state index in [9.17, 15) is 38.4 Å². The first-order valence-electron chi connectivity index (χ1n) is 32.2. The molecule has 4 aromatic carbocycles. The molecule has 4 N–H and O–H groups in total. The van der Waals surface area contributed by atoms with E-state index in [1.165, 1.54) is 14.2 Å². The Morgan fingerprint density at radius 3 is 1.53 bits per heavy atom. The van der Waals surface area contributed by atoms with E-state index in [1.54, 1.807) is 80.3 Å². The second kappa shape index (κ2) is 32.8. The van der Waals surface area contributed by atoms with Gasteiger partial charge in [-0.2, -0.15) is 0 Å². The van der Waals surface area contributed by atoms with Crippen molar-refractivity contribution in [3.8, 4) is 28.7 Å². The number of carbonyl (C=O) groups excluding carboxylic acids is 8. The van der Waals surface area contributed by atoms with Crippen LogP contribution in [0.3, 0.4) is 0 Å². The molecule has 5 aliphatic rings.